The second-order valence-electron chi connectivity index (χ2n) is 5.39. The second-order valence-corrected chi connectivity index (χ2v) is 5.39. The first kappa shape index (κ1) is 17.3. The molecule has 3 aromatic rings. The van der Waals surface area contributed by atoms with Crippen LogP contribution in [0.25, 0.3) is 5.69 Å². The number of benzene rings is 2. The Kier molecular flexibility index (Phi) is 4.74. The Balaban J connectivity index is 1.74. The number of nitrogens with zero attached hydrogens (tertiary/aromatic N) is 2. The van der Waals surface area contributed by atoms with Gasteiger partial charge in [0.05, 0.1) is 23.0 Å². The van der Waals surface area contributed by atoms with Gasteiger partial charge in [0.1, 0.15) is 17.3 Å². The summed E-state index contributed by atoms with van der Waals surface area (Å²) in [5, 5.41) is 4.01. The number of nitrogens with one attached hydrogen (secondary N) is 2. The van der Waals surface area contributed by atoms with E-state index in [9.17, 15) is 18.4 Å². The van der Waals surface area contributed by atoms with Gasteiger partial charge in [-0.25, -0.2) is 13.5 Å². The number of carbonyl (C=O) groups excluding carboxylic acids is 2. The number of aromatic nitrogens is 2. The van der Waals surface area contributed by atoms with E-state index in [1.54, 1.807) is 19.1 Å². The number of para-hydroxylation sites is 1. The van der Waals surface area contributed by atoms with Crippen molar-refractivity contribution in [1.82, 2.24) is 20.6 Å². The lowest BCUT2D eigenvalue weighted by Crippen LogP contribution is -2.42. The van der Waals surface area contributed by atoms with Crippen molar-refractivity contribution in [2.24, 2.45) is 0 Å². The van der Waals surface area contributed by atoms with Crippen LogP contribution >= 0.6 is 0 Å². The molecule has 0 bridgehead atoms. The summed E-state index contributed by atoms with van der Waals surface area (Å²) in [6.45, 7) is 1.59. The highest BCUT2D eigenvalue weighted by molar-refractivity contribution is 5.99. The smallest absolute Gasteiger partial charge is 0.267 e. The summed E-state index contributed by atoms with van der Waals surface area (Å²) in [7, 11) is 0. The predicted molar refractivity (Wildman–Crippen MR) is 89.6 cm³/mol. The number of halogens is 2. The third-order valence-electron chi connectivity index (χ3n) is 3.74. The molecule has 2 N–H and O–H groups in total. The molecule has 0 saturated carbocycles. The zero-order chi connectivity index (χ0) is 18.7. The Labute approximate surface area is 147 Å². The third kappa shape index (κ3) is 3.30. The van der Waals surface area contributed by atoms with Gasteiger partial charge in [0.25, 0.3) is 11.8 Å². The van der Waals surface area contributed by atoms with Gasteiger partial charge in [-0.1, -0.05) is 24.3 Å². The zero-order valence-corrected chi connectivity index (χ0v) is 13.7. The van der Waals surface area contributed by atoms with Gasteiger partial charge < -0.3 is 0 Å². The van der Waals surface area contributed by atoms with E-state index < -0.39 is 23.4 Å². The van der Waals surface area contributed by atoms with Crippen LogP contribution in [0.3, 0.4) is 0 Å². The first-order chi connectivity index (χ1) is 12.5. The summed E-state index contributed by atoms with van der Waals surface area (Å²) in [6, 6.07) is 11.4. The molecule has 2 aromatic carbocycles. The molecule has 0 aliphatic heterocycles. The summed E-state index contributed by atoms with van der Waals surface area (Å²) in [5.74, 6) is -2.65. The van der Waals surface area contributed by atoms with Crippen LogP contribution in [0.4, 0.5) is 8.78 Å². The summed E-state index contributed by atoms with van der Waals surface area (Å²) >= 11 is 0. The van der Waals surface area contributed by atoms with Crippen LogP contribution in [-0.4, -0.2) is 21.6 Å². The van der Waals surface area contributed by atoms with Crippen molar-refractivity contribution in [1.29, 1.82) is 0 Å². The SMILES string of the molecule is Cc1c(C(=O)NNC(=O)c2ccccc2F)cnn1-c1ccccc1F. The van der Waals surface area contributed by atoms with Gasteiger partial charge >= 0.3 is 0 Å². The van der Waals surface area contributed by atoms with Crippen LogP contribution in [0.5, 0.6) is 0 Å². The molecular weight excluding hydrogens is 342 g/mol. The lowest BCUT2D eigenvalue weighted by atomic mass is 10.2. The van der Waals surface area contributed by atoms with Gasteiger partial charge in [0.2, 0.25) is 0 Å². The fourth-order valence-electron chi connectivity index (χ4n) is 2.39. The topological polar surface area (TPSA) is 76.0 Å². The molecule has 0 spiro atoms. The van der Waals surface area contributed by atoms with E-state index in [1.165, 1.54) is 41.2 Å². The average molecular weight is 356 g/mol. The van der Waals surface area contributed by atoms with Crippen molar-refractivity contribution < 1.29 is 18.4 Å². The second kappa shape index (κ2) is 7.14. The van der Waals surface area contributed by atoms with E-state index in [4.69, 9.17) is 0 Å². The van der Waals surface area contributed by atoms with Crippen LogP contribution in [0.1, 0.15) is 26.4 Å². The molecule has 3 rings (SSSR count). The average Bonchev–Trinajstić information content (AvgIpc) is 3.01. The van der Waals surface area contributed by atoms with Gasteiger partial charge in [-0.15, -0.1) is 0 Å². The standard InChI is InChI=1S/C18H14F2N4O2/c1-11-13(10-21-24(11)16-9-5-4-8-15(16)20)18(26)23-22-17(25)12-6-2-3-7-14(12)19/h2-10H,1H3,(H,22,25)(H,23,26). The first-order valence-corrected chi connectivity index (χ1v) is 7.64. The fourth-order valence-corrected chi connectivity index (χ4v) is 2.39. The Morgan fingerprint density at radius 3 is 2.12 bits per heavy atom. The zero-order valence-electron chi connectivity index (χ0n) is 13.7. The van der Waals surface area contributed by atoms with Crippen LogP contribution in [0, 0.1) is 18.6 Å². The molecule has 0 aliphatic carbocycles. The largest absolute Gasteiger partial charge is 0.273 e. The molecule has 6 nitrogen and oxygen atoms in total. The van der Waals surface area contributed by atoms with E-state index in [2.05, 4.69) is 16.0 Å². The molecule has 1 heterocycles. The van der Waals surface area contributed by atoms with E-state index in [-0.39, 0.29) is 16.8 Å². The summed E-state index contributed by atoms with van der Waals surface area (Å²) in [4.78, 5) is 24.2. The van der Waals surface area contributed by atoms with E-state index >= 15 is 0 Å². The van der Waals surface area contributed by atoms with Gasteiger partial charge in [0, 0.05) is 0 Å². The maximum atomic E-state index is 13.9. The fraction of sp³-hybridized carbons (Fsp3) is 0.0556. The van der Waals surface area contributed by atoms with Crippen LogP contribution in [0.15, 0.2) is 54.7 Å². The highest BCUT2D eigenvalue weighted by atomic mass is 19.1. The summed E-state index contributed by atoms with van der Waals surface area (Å²) < 4.78 is 28.7. The lowest BCUT2D eigenvalue weighted by molar-refractivity contribution is 0.0844. The normalized spacial score (nSPS) is 10.4. The molecule has 0 atom stereocenters. The van der Waals surface area contributed by atoms with Crippen molar-refractivity contribution in [2.45, 2.75) is 6.92 Å². The van der Waals surface area contributed by atoms with Gasteiger partial charge in [-0.2, -0.15) is 5.10 Å². The Morgan fingerprint density at radius 1 is 0.885 bits per heavy atom. The molecule has 0 radical (unpaired) electrons. The summed E-state index contributed by atoms with van der Waals surface area (Å²) in [6.07, 6.45) is 1.26. The third-order valence-corrected chi connectivity index (χ3v) is 3.74. The first-order valence-electron chi connectivity index (χ1n) is 7.64. The Bertz CT molecular complexity index is 985. The van der Waals surface area contributed by atoms with Crippen LogP contribution < -0.4 is 10.9 Å². The minimum absolute atomic E-state index is 0.141. The molecule has 0 saturated heterocycles. The molecule has 132 valence electrons. The number of hydrogen-bond acceptors (Lipinski definition) is 3. The lowest BCUT2D eigenvalue weighted by Gasteiger charge is -2.09. The minimum Gasteiger partial charge on any atom is -0.267 e. The number of carbonyl (C=O) groups is 2. The van der Waals surface area contributed by atoms with E-state index in [0.29, 0.717) is 5.69 Å². The van der Waals surface area contributed by atoms with Crippen molar-refractivity contribution in [3.05, 3.63) is 83.2 Å². The van der Waals surface area contributed by atoms with Crippen LogP contribution in [-0.2, 0) is 0 Å². The molecule has 1 aromatic heterocycles. The predicted octanol–water partition coefficient (Wildman–Crippen LogP) is 2.53. The molecule has 0 unspecified atom stereocenters. The molecule has 0 aliphatic rings. The highest BCUT2D eigenvalue weighted by Gasteiger charge is 2.18. The number of amides is 2. The number of rotatable bonds is 3. The van der Waals surface area contributed by atoms with Crippen molar-refractivity contribution in [3.63, 3.8) is 0 Å². The van der Waals surface area contributed by atoms with Crippen molar-refractivity contribution >= 4 is 11.8 Å². The van der Waals surface area contributed by atoms with Gasteiger partial charge in [-0.3, -0.25) is 20.4 Å². The van der Waals surface area contributed by atoms with E-state index in [1.807, 2.05) is 0 Å². The number of hydrogen-bond donors (Lipinski definition) is 2. The van der Waals surface area contributed by atoms with Crippen LogP contribution in [0.2, 0.25) is 0 Å². The minimum atomic E-state index is -0.796. The molecular formula is C18H14F2N4O2. The van der Waals surface area contributed by atoms with Crippen molar-refractivity contribution in [3.8, 4) is 5.69 Å². The monoisotopic (exact) mass is 356 g/mol. The quantitative estimate of drug-likeness (QED) is 0.708. The van der Waals surface area contributed by atoms with Crippen molar-refractivity contribution in [2.75, 3.05) is 0 Å². The molecule has 0 fully saturated rings. The Hall–Kier alpha value is -3.55. The van der Waals surface area contributed by atoms with Gasteiger partial charge in [-0.05, 0) is 31.2 Å². The maximum Gasteiger partial charge on any atom is 0.273 e. The van der Waals surface area contributed by atoms with E-state index in [0.717, 1.165) is 6.07 Å². The number of hydrazine groups is 1. The maximum absolute atomic E-state index is 13.9. The molecule has 2 amide bonds. The molecule has 26 heavy (non-hydrogen) atoms. The molecule has 8 heteroatoms. The van der Waals surface area contributed by atoms with Gasteiger partial charge in [0.15, 0.2) is 0 Å². The summed E-state index contributed by atoms with van der Waals surface area (Å²) in [5.41, 5.74) is 4.84. The Morgan fingerprint density at radius 2 is 1.46 bits per heavy atom. The highest BCUT2D eigenvalue weighted by Crippen LogP contribution is 2.16.